The van der Waals surface area contributed by atoms with Crippen LogP contribution < -0.4 is 9.47 Å². The van der Waals surface area contributed by atoms with Crippen LogP contribution in [0.4, 0.5) is 0 Å². The summed E-state index contributed by atoms with van der Waals surface area (Å²) >= 11 is 1.50. The molecule has 176 valence electrons. The van der Waals surface area contributed by atoms with Crippen LogP contribution in [0.1, 0.15) is 16.5 Å². The molecule has 2 aromatic carbocycles. The van der Waals surface area contributed by atoms with E-state index in [1.807, 2.05) is 47.8 Å². The van der Waals surface area contributed by atoms with Gasteiger partial charge in [0, 0.05) is 6.07 Å². The third-order valence-corrected chi connectivity index (χ3v) is 5.84. The van der Waals surface area contributed by atoms with Gasteiger partial charge in [-0.3, -0.25) is 0 Å². The molecule has 5 aromatic rings. The van der Waals surface area contributed by atoms with Gasteiger partial charge in [0.25, 0.3) is 11.7 Å². The molecule has 5 rings (SSSR count). The van der Waals surface area contributed by atoms with Gasteiger partial charge in [-0.1, -0.05) is 29.4 Å². The van der Waals surface area contributed by atoms with Crippen molar-refractivity contribution in [3.63, 3.8) is 0 Å². The van der Waals surface area contributed by atoms with Gasteiger partial charge < -0.3 is 18.7 Å². The van der Waals surface area contributed by atoms with Crippen LogP contribution in [0.2, 0.25) is 0 Å². The number of thiophene rings is 1. The van der Waals surface area contributed by atoms with Crippen LogP contribution >= 0.6 is 11.3 Å². The van der Waals surface area contributed by atoms with E-state index in [-0.39, 0.29) is 18.3 Å². The maximum absolute atomic E-state index is 12.8. The Kier molecular flexibility index (Phi) is 6.22. The molecular formula is C24H19N5O5S. The monoisotopic (exact) mass is 489 g/mol. The zero-order valence-electron chi connectivity index (χ0n) is 18.7. The lowest BCUT2D eigenvalue weighted by Crippen LogP contribution is -2.08. The number of carbonyl (C=O) groups is 1. The molecule has 0 aliphatic rings. The summed E-state index contributed by atoms with van der Waals surface area (Å²) in [6.07, 6.45) is 0. The average Bonchev–Trinajstić information content (AvgIpc) is 3.68. The van der Waals surface area contributed by atoms with E-state index in [4.69, 9.17) is 18.7 Å². The Morgan fingerprint density at radius 3 is 2.63 bits per heavy atom. The van der Waals surface area contributed by atoms with Crippen LogP contribution in [0.3, 0.4) is 0 Å². The SMILES string of the molecule is COc1ccc(-c2noc(COC(=O)c3nc(-c4cccs4)n(-c4ccccc4)n3)n2)c(OC)c1. The van der Waals surface area contributed by atoms with E-state index in [0.29, 0.717) is 28.7 Å². The lowest BCUT2D eigenvalue weighted by Gasteiger charge is -2.07. The van der Waals surface area contributed by atoms with Crippen molar-refractivity contribution in [1.29, 1.82) is 0 Å². The number of benzene rings is 2. The zero-order valence-corrected chi connectivity index (χ0v) is 19.6. The first-order valence-corrected chi connectivity index (χ1v) is 11.3. The van der Waals surface area contributed by atoms with Crippen LogP contribution in [0.15, 0.2) is 70.6 Å². The van der Waals surface area contributed by atoms with Crippen molar-refractivity contribution < 1.29 is 23.5 Å². The fourth-order valence-electron chi connectivity index (χ4n) is 3.31. The molecule has 0 bridgehead atoms. The molecule has 0 radical (unpaired) electrons. The highest BCUT2D eigenvalue weighted by atomic mass is 32.1. The number of methoxy groups -OCH3 is 2. The van der Waals surface area contributed by atoms with Crippen LogP contribution in [0.25, 0.3) is 27.8 Å². The van der Waals surface area contributed by atoms with Gasteiger partial charge in [0.2, 0.25) is 5.82 Å². The summed E-state index contributed by atoms with van der Waals surface area (Å²) in [6, 6.07) is 18.5. The van der Waals surface area contributed by atoms with Crippen LogP contribution in [0.5, 0.6) is 11.5 Å². The van der Waals surface area contributed by atoms with E-state index in [2.05, 4.69) is 20.2 Å². The maximum Gasteiger partial charge on any atom is 0.378 e. The van der Waals surface area contributed by atoms with E-state index >= 15 is 0 Å². The summed E-state index contributed by atoms with van der Waals surface area (Å²) in [5.74, 6) is 1.32. The normalized spacial score (nSPS) is 10.8. The number of para-hydroxylation sites is 1. The molecular weight excluding hydrogens is 470 g/mol. The molecule has 10 nitrogen and oxygen atoms in total. The Bertz CT molecular complexity index is 1450. The molecule has 0 aliphatic heterocycles. The lowest BCUT2D eigenvalue weighted by molar-refractivity contribution is 0.0415. The highest BCUT2D eigenvalue weighted by Gasteiger charge is 2.22. The topological polar surface area (TPSA) is 114 Å². The van der Waals surface area contributed by atoms with Crippen LogP contribution in [-0.2, 0) is 11.3 Å². The first kappa shape index (κ1) is 22.3. The Morgan fingerprint density at radius 1 is 1.03 bits per heavy atom. The first-order chi connectivity index (χ1) is 17.2. The van der Waals surface area contributed by atoms with Crippen molar-refractivity contribution in [2.75, 3.05) is 14.2 Å². The predicted octanol–water partition coefficient (Wildman–Crippen LogP) is 4.42. The zero-order chi connectivity index (χ0) is 24.2. The van der Waals surface area contributed by atoms with Crippen molar-refractivity contribution in [3.8, 4) is 39.3 Å². The summed E-state index contributed by atoms with van der Waals surface area (Å²) in [6.45, 7) is -0.238. The van der Waals surface area contributed by atoms with E-state index < -0.39 is 5.97 Å². The highest BCUT2D eigenvalue weighted by molar-refractivity contribution is 7.13. The number of hydrogen-bond donors (Lipinski definition) is 0. The summed E-state index contributed by atoms with van der Waals surface area (Å²) in [4.78, 5) is 22.3. The predicted molar refractivity (Wildman–Crippen MR) is 127 cm³/mol. The molecule has 0 saturated carbocycles. The molecule has 11 heteroatoms. The fourth-order valence-corrected chi connectivity index (χ4v) is 4.01. The highest BCUT2D eigenvalue weighted by Crippen LogP contribution is 2.31. The quantitative estimate of drug-likeness (QED) is 0.292. The Morgan fingerprint density at radius 2 is 1.89 bits per heavy atom. The molecule has 0 unspecified atom stereocenters. The Balaban J connectivity index is 1.34. The molecule has 3 heterocycles. The number of esters is 1. The van der Waals surface area contributed by atoms with E-state index in [1.54, 1.807) is 30.0 Å². The standard InChI is InChI=1S/C24H19N5O5S/c1-31-16-10-11-17(18(13-16)32-2)21-25-20(34-28-21)14-33-24(30)22-26-23(19-9-6-12-35-19)29(27-22)15-7-4-3-5-8-15/h3-13H,14H2,1-2H3. The second kappa shape index (κ2) is 9.77. The molecule has 3 aromatic heterocycles. The number of nitrogens with zero attached hydrogens (tertiary/aromatic N) is 5. The minimum Gasteiger partial charge on any atom is -0.497 e. The van der Waals surface area contributed by atoms with Crippen LogP contribution in [0, 0.1) is 0 Å². The molecule has 0 spiro atoms. The molecule has 0 N–H and O–H groups in total. The van der Waals surface area contributed by atoms with Gasteiger partial charge in [-0.15, -0.1) is 16.4 Å². The summed E-state index contributed by atoms with van der Waals surface area (Å²) in [5, 5.41) is 10.3. The van der Waals surface area contributed by atoms with Gasteiger partial charge in [0.1, 0.15) is 11.5 Å². The Labute approximate surface area is 203 Å². The molecule has 0 atom stereocenters. The molecule has 0 fully saturated rings. The maximum atomic E-state index is 12.8. The van der Waals surface area contributed by atoms with Crippen molar-refractivity contribution in [3.05, 3.63) is 77.8 Å². The van der Waals surface area contributed by atoms with Gasteiger partial charge in [-0.25, -0.2) is 9.48 Å². The second-order valence-corrected chi connectivity index (χ2v) is 8.09. The van der Waals surface area contributed by atoms with E-state index in [9.17, 15) is 4.79 Å². The average molecular weight is 490 g/mol. The largest absolute Gasteiger partial charge is 0.497 e. The van der Waals surface area contributed by atoms with Gasteiger partial charge in [-0.2, -0.15) is 9.97 Å². The van der Waals surface area contributed by atoms with Crippen LogP contribution in [-0.4, -0.2) is 45.1 Å². The number of aromatic nitrogens is 5. The van der Waals surface area contributed by atoms with Crippen molar-refractivity contribution >= 4 is 17.3 Å². The lowest BCUT2D eigenvalue weighted by atomic mass is 10.2. The summed E-state index contributed by atoms with van der Waals surface area (Å²) in [5.41, 5.74) is 1.39. The third-order valence-electron chi connectivity index (χ3n) is 4.98. The van der Waals surface area contributed by atoms with Gasteiger partial charge in [0.05, 0.1) is 30.3 Å². The molecule has 0 aliphatic carbocycles. The molecule has 0 saturated heterocycles. The third kappa shape index (κ3) is 4.62. The van der Waals surface area contributed by atoms with Crippen molar-refractivity contribution in [2.45, 2.75) is 6.61 Å². The number of hydrogen-bond acceptors (Lipinski definition) is 10. The second-order valence-electron chi connectivity index (χ2n) is 7.14. The molecule has 35 heavy (non-hydrogen) atoms. The number of ether oxygens (including phenoxy) is 3. The number of carbonyl (C=O) groups excluding carboxylic acids is 1. The van der Waals surface area contributed by atoms with Gasteiger partial charge >= 0.3 is 5.97 Å². The first-order valence-electron chi connectivity index (χ1n) is 10.4. The van der Waals surface area contributed by atoms with Gasteiger partial charge in [-0.05, 0) is 35.7 Å². The smallest absolute Gasteiger partial charge is 0.378 e. The van der Waals surface area contributed by atoms with Gasteiger partial charge in [0.15, 0.2) is 12.4 Å². The molecule has 0 amide bonds. The number of rotatable bonds is 8. The summed E-state index contributed by atoms with van der Waals surface area (Å²) < 4.78 is 22.8. The van der Waals surface area contributed by atoms with E-state index in [1.165, 1.54) is 18.4 Å². The fraction of sp³-hybridized carbons (Fsp3) is 0.125. The summed E-state index contributed by atoms with van der Waals surface area (Å²) in [7, 11) is 3.10. The Hall–Kier alpha value is -4.51. The minimum atomic E-state index is -0.709. The van der Waals surface area contributed by atoms with Crippen molar-refractivity contribution in [2.24, 2.45) is 0 Å². The minimum absolute atomic E-state index is 0.0752. The van der Waals surface area contributed by atoms with Crippen molar-refractivity contribution in [1.82, 2.24) is 24.9 Å². The van der Waals surface area contributed by atoms with E-state index in [0.717, 1.165) is 10.6 Å².